The number of likely N-dealkylation sites (tertiary alicyclic amines) is 1. The number of fused-ring (bicyclic) bond motifs is 1. The second-order valence-electron chi connectivity index (χ2n) is 8.53. The lowest BCUT2D eigenvalue weighted by molar-refractivity contribution is -0.110. The van der Waals surface area contributed by atoms with E-state index in [0.717, 1.165) is 36.9 Å². The zero-order valence-corrected chi connectivity index (χ0v) is 15.8. The van der Waals surface area contributed by atoms with Crippen molar-refractivity contribution >= 4 is 5.91 Å². The summed E-state index contributed by atoms with van der Waals surface area (Å²) >= 11 is 0. The Balaban J connectivity index is 1.46. The Morgan fingerprint density at radius 1 is 1.00 bits per heavy atom. The second kappa shape index (κ2) is 6.52. The first-order chi connectivity index (χ1) is 13.2. The first-order valence-electron chi connectivity index (χ1n) is 10.4. The minimum Gasteiger partial charge on any atom is -0.385 e. The largest absolute Gasteiger partial charge is 0.385 e. The third kappa shape index (κ3) is 2.82. The summed E-state index contributed by atoms with van der Waals surface area (Å²) in [6.07, 6.45) is 9.28. The van der Waals surface area contributed by atoms with E-state index in [0.29, 0.717) is 19.0 Å². The highest BCUT2D eigenvalue weighted by molar-refractivity contribution is 5.93. The van der Waals surface area contributed by atoms with Crippen LogP contribution in [0.2, 0.25) is 0 Å². The molecule has 2 saturated carbocycles. The number of rotatable bonds is 3. The fraction of sp³-hybridized carbons (Fsp3) is 0.522. The highest BCUT2D eigenvalue weighted by Crippen LogP contribution is 2.47. The lowest BCUT2D eigenvalue weighted by Crippen LogP contribution is -2.59. The average Bonchev–Trinajstić information content (AvgIpc) is 3.45. The van der Waals surface area contributed by atoms with E-state index in [9.17, 15) is 9.90 Å². The van der Waals surface area contributed by atoms with Crippen molar-refractivity contribution in [3.05, 3.63) is 59.9 Å². The summed E-state index contributed by atoms with van der Waals surface area (Å²) in [5.74, 6) is 0.273. The third-order valence-corrected chi connectivity index (χ3v) is 6.95. The predicted octanol–water partition coefficient (Wildman–Crippen LogP) is 4.12. The topological polar surface area (TPSA) is 45.5 Å². The molecule has 27 heavy (non-hydrogen) atoms. The second-order valence-corrected chi connectivity index (χ2v) is 8.53. The third-order valence-electron chi connectivity index (χ3n) is 6.95. The van der Waals surface area contributed by atoms with Crippen molar-refractivity contribution in [2.75, 3.05) is 6.54 Å². The van der Waals surface area contributed by atoms with E-state index in [4.69, 9.17) is 0 Å². The fourth-order valence-corrected chi connectivity index (χ4v) is 5.41. The van der Waals surface area contributed by atoms with Crippen molar-refractivity contribution in [1.29, 1.82) is 0 Å². The molecule has 3 atom stereocenters. The molecule has 2 heterocycles. The van der Waals surface area contributed by atoms with Crippen LogP contribution >= 0.6 is 0 Å². The van der Waals surface area contributed by atoms with Gasteiger partial charge in [0.2, 0.25) is 0 Å². The molecule has 1 saturated heterocycles. The SMILES string of the molecule is O=C(c1cccn1C1CC1)N1CC[C@@](O)(c2ccccc2)[C@H]2CCCC[C@H]21. The smallest absolute Gasteiger partial charge is 0.270 e. The molecule has 1 aromatic carbocycles. The van der Waals surface area contributed by atoms with Crippen LogP contribution < -0.4 is 0 Å². The Kier molecular flexibility index (Phi) is 4.12. The monoisotopic (exact) mass is 364 g/mol. The van der Waals surface area contributed by atoms with Gasteiger partial charge in [0.1, 0.15) is 5.69 Å². The van der Waals surface area contributed by atoms with Gasteiger partial charge in [-0.2, -0.15) is 0 Å². The number of aliphatic hydroxyl groups is 1. The van der Waals surface area contributed by atoms with Crippen molar-refractivity contribution in [2.45, 2.75) is 62.6 Å². The van der Waals surface area contributed by atoms with Gasteiger partial charge in [-0.15, -0.1) is 0 Å². The molecule has 4 heteroatoms. The van der Waals surface area contributed by atoms with Crippen molar-refractivity contribution in [2.24, 2.45) is 5.92 Å². The van der Waals surface area contributed by atoms with Crippen LogP contribution in [-0.2, 0) is 5.60 Å². The van der Waals surface area contributed by atoms with E-state index in [1.54, 1.807) is 0 Å². The van der Waals surface area contributed by atoms with Gasteiger partial charge in [-0.25, -0.2) is 0 Å². The standard InChI is InChI=1S/C23H28N2O2/c26-22(21-11-6-15-24(21)18-12-13-18)25-16-14-23(27,17-7-2-1-3-8-17)19-9-4-5-10-20(19)25/h1-3,6-8,11,15,18-20,27H,4-5,9-10,12-14,16H2/t19-,20+,23+/m0/s1. The van der Waals surface area contributed by atoms with Crippen LogP contribution in [0.1, 0.15) is 67.0 Å². The van der Waals surface area contributed by atoms with Crippen LogP contribution in [0, 0.1) is 5.92 Å². The van der Waals surface area contributed by atoms with Crippen LogP contribution in [0.15, 0.2) is 48.7 Å². The van der Waals surface area contributed by atoms with Gasteiger partial charge in [0.15, 0.2) is 0 Å². The van der Waals surface area contributed by atoms with Gasteiger partial charge in [-0.3, -0.25) is 4.79 Å². The van der Waals surface area contributed by atoms with E-state index in [2.05, 4.69) is 9.47 Å². The molecule has 0 unspecified atom stereocenters. The molecular formula is C23H28N2O2. The summed E-state index contributed by atoms with van der Waals surface area (Å²) in [6, 6.07) is 14.7. The number of carbonyl (C=O) groups excluding carboxylic acids is 1. The van der Waals surface area contributed by atoms with E-state index in [1.165, 1.54) is 12.8 Å². The van der Waals surface area contributed by atoms with Crippen LogP contribution in [0.3, 0.4) is 0 Å². The minimum atomic E-state index is -0.818. The van der Waals surface area contributed by atoms with Gasteiger partial charge in [-0.1, -0.05) is 43.2 Å². The van der Waals surface area contributed by atoms with E-state index in [-0.39, 0.29) is 17.9 Å². The molecule has 5 rings (SSSR count). The van der Waals surface area contributed by atoms with Gasteiger partial charge in [0.25, 0.3) is 5.91 Å². The highest BCUT2D eigenvalue weighted by Gasteiger charge is 2.50. The molecule has 142 valence electrons. The average molecular weight is 364 g/mol. The minimum absolute atomic E-state index is 0.121. The maximum atomic E-state index is 13.4. The lowest BCUT2D eigenvalue weighted by Gasteiger charge is -2.52. The van der Waals surface area contributed by atoms with E-state index < -0.39 is 5.60 Å². The molecule has 4 nitrogen and oxygen atoms in total. The van der Waals surface area contributed by atoms with Gasteiger partial charge >= 0.3 is 0 Å². The maximum absolute atomic E-state index is 13.4. The Bertz CT molecular complexity index is 826. The predicted molar refractivity (Wildman–Crippen MR) is 104 cm³/mol. The molecule has 3 aliphatic rings. The van der Waals surface area contributed by atoms with Crippen LogP contribution in [0.4, 0.5) is 0 Å². The highest BCUT2D eigenvalue weighted by atomic mass is 16.3. The number of piperidine rings is 1. The Hall–Kier alpha value is -2.07. The molecular weight excluding hydrogens is 336 g/mol. The quantitative estimate of drug-likeness (QED) is 0.891. The summed E-state index contributed by atoms with van der Waals surface area (Å²) in [7, 11) is 0. The molecule has 2 aliphatic carbocycles. The normalized spacial score (nSPS) is 30.8. The van der Waals surface area contributed by atoms with Crippen LogP contribution in [-0.4, -0.2) is 33.1 Å². The Morgan fingerprint density at radius 3 is 2.56 bits per heavy atom. The molecule has 0 radical (unpaired) electrons. The van der Waals surface area contributed by atoms with Gasteiger partial charge in [0, 0.05) is 30.7 Å². The lowest BCUT2D eigenvalue weighted by atomic mass is 9.66. The van der Waals surface area contributed by atoms with Crippen molar-refractivity contribution in [1.82, 2.24) is 9.47 Å². The fourth-order valence-electron chi connectivity index (χ4n) is 5.41. The summed E-state index contributed by atoms with van der Waals surface area (Å²) in [5, 5.41) is 11.7. The molecule has 3 fully saturated rings. The zero-order chi connectivity index (χ0) is 18.4. The Labute approximate surface area is 160 Å². The summed E-state index contributed by atoms with van der Waals surface area (Å²) in [6.45, 7) is 0.626. The molecule has 1 amide bonds. The van der Waals surface area contributed by atoms with Crippen LogP contribution in [0.25, 0.3) is 0 Å². The molecule has 2 aromatic rings. The Morgan fingerprint density at radius 2 is 1.78 bits per heavy atom. The van der Waals surface area contributed by atoms with Crippen molar-refractivity contribution in [3.63, 3.8) is 0 Å². The van der Waals surface area contributed by atoms with Gasteiger partial charge in [-0.05, 0) is 49.8 Å². The number of hydrogen-bond acceptors (Lipinski definition) is 2. The zero-order valence-electron chi connectivity index (χ0n) is 15.8. The number of aromatic nitrogens is 1. The number of carbonyl (C=O) groups is 1. The van der Waals surface area contributed by atoms with Gasteiger partial charge < -0.3 is 14.6 Å². The molecule has 1 aliphatic heterocycles. The molecule has 1 aromatic heterocycles. The van der Waals surface area contributed by atoms with Crippen molar-refractivity contribution in [3.8, 4) is 0 Å². The summed E-state index contributed by atoms with van der Waals surface area (Å²) in [4.78, 5) is 15.5. The van der Waals surface area contributed by atoms with E-state index in [1.807, 2.05) is 48.7 Å². The summed E-state index contributed by atoms with van der Waals surface area (Å²) < 4.78 is 2.16. The first kappa shape index (κ1) is 17.1. The van der Waals surface area contributed by atoms with Crippen molar-refractivity contribution < 1.29 is 9.90 Å². The molecule has 0 spiro atoms. The van der Waals surface area contributed by atoms with Crippen LogP contribution in [0.5, 0.6) is 0 Å². The maximum Gasteiger partial charge on any atom is 0.270 e. The number of amides is 1. The summed E-state index contributed by atoms with van der Waals surface area (Å²) in [5.41, 5.74) is 1.02. The molecule has 0 bridgehead atoms. The number of benzene rings is 1. The molecule has 1 N–H and O–H groups in total. The number of hydrogen-bond donors (Lipinski definition) is 1. The van der Waals surface area contributed by atoms with Gasteiger partial charge in [0.05, 0.1) is 5.60 Å². The van der Waals surface area contributed by atoms with E-state index >= 15 is 0 Å². The number of nitrogens with zero attached hydrogens (tertiary/aromatic N) is 2. The first-order valence-corrected chi connectivity index (χ1v) is 10.4.